The lowest BCUT2D eigenvalue weighted by molar-refractivity contribution is -0.150. The minimum absolute atomic E-state index is 0.196. The largest absolute Gasteiger partial charge is 0.490 e. The van der Waals surface area contributed by atoms with Crippen molar-refractivity contribution in [2.75, 3.05) is 86.3 Å². The van der Waals surface area contributed by atoms with E-state index in [0.29, 0.717) is 79.0 Å². The topological polar surface area (TPSA) is 211 Å². The molecule has 0 saturated carbocycles. The molecule has 6 rings (SSSR count). The van der Waals surface area contributed by atoms with E-state index in [1.165, 1.54) is 62.4 Å². The third-order valence-electron chi connectivity index (χ3n) is 9.36. The van der Waals surface area contributed by atoms with Crippen LogP contribution in [-0.2, 0) is 47.6 Å². The van der Waals surface area contributed by atoms with Crippen LogP contribution in [0.15, 0.2) is 46.6 Å². The standard InChI is InChI=1S/C20H23FN4O6S.C16H19FN4O3S.C4H5ClO3/c1-13(26)30-11-18(27)25-8-7-23(12-22-25)17-5-3-14(9-16(17)21)24-10-15(31-20(24)28)4-6-19(32)29-2;1-23-15(25)5-3-12-9-21(16(22)24-12)11-2-4-14(13(17)8-11)20-7-6-18-19-10-20;1-3(6)8-2-4(5)7/h3,5,9,12,15H,4,6-8,10-11H2,1-2H3;2,4,8,10,12,18H,3,5-7,9H2,1H3;2H2,1H3/t15-;12-;/m00./s1. The van der Waals surface area contributed by atoms with E-state index < -0.39 is 53.5 Å². The number of methoxy groups -OCH3 is 2. The summed E-state index contributed by atoms with van der Waals surface area (Å²) in [5.74, 6) is -2.50. The van der Waals surface area contributed by atoms with E-state index >= 15 is 0 Å². The Bertz CT molecular complexity index is 2140. The number of ether oxygens (including phenoxy) is 6. The van der Waals surface area contributed by atoms with Gasteiger partial charge in [-0.25, -0.2) is 23.4 Å². The molecule has 0 spiro atoms. The number of hydrazone groups is 2. The van der Waals surface area contributed by atoms with Crippen molar-refractivity contribution in [3.05, 3.63) is 48.0 Å². The van der Waals surface area contributed by atoms with Gasteiger partial charge in [-0.15, -0.1) is 0 Å². The van der Waals surface area contributed by atoms with E-state index in [-0.39, 0.29) is 37.6 Å². The summed E-state index contributed by atoms with van der Waals surface area (Å²) in [6.45, 7) is 4.07. The van der Waals surface area contributed by atoms with E-state index in [2.05, 4.69) is 25.1 Å². The summed E-state index contributed by atoms with van der Waals surface area (Å²) in [5.41, 5.74) is 4.32. The number of cyclic esters (lactones) is 2. The molecule has 3 amide bonds. The molecule has 0 radical (unpaired) electrons. The second-order valence-electron chi connectivity index (χ2n) is 13.9. The maximum atomic E-state index is 14.8. The van der Waals surface area contributed by atoms with Crippen molar-refractivity contribution >= 4 is 117 Å². The number of benzene rings is 2. The molecule has 0 bridgehead atoms. The third-order valence-corrected chi connectivity index (χ3v) is 10.2. The molecule has 2 saturated heterocycles. The van der Waals surface area contributed by atoms with Crippen molar-refractivity contribution in [3.63, 3.8) is 0 Å². The number of thiocarbonyl (C=S) groups is 2. The molecule has 2 aromatic carbocycles. The Kier molecular flexibility index (Phi) is 20.0. The Labute approximate surface area is 388 Å². The molecule has 352 valence electrons. The lowest BCUT2D eigenvalue weighted by Crippen LogP contribution is -2.42. The second-order valence-corrected chi connectivity index (χ2v) is 15.3. The molecule has 20 nitrogen and oxygen atoms in total. The number of amides is 3. The number of rotatable bonds is 14. The zero-order chi connectivity index (χ0) is 47.6. The van der Waals surface area contributed by atoms with Crippen LogP contribution in [0.2, 0.25) is 0 Å². The minimum atomic E-state index is -0.666. The third kappa shape index (κ3) is 16.0. The van der Waals surface area contributed by atoms with Gasteiger partial charge in [0.05, 0.1) is 63.1 Å². The molecule has 0 unspecified atom stereocenters. The number of hydrogen-bond donors (Lipinski definition) is 1. The SMILES string of the molecule is CC(=O)OCC(=O)Cl.COC(=S)CC[C@H]1CN(c2ccc(N3C=NN(C(=O)COC(C)=O)CC3)c(F)c2)C(=O)O1.COC(=S)CC[C@H]1CN(c2ccc(N3C=NNCC3)c(F)c2)C(=O)O1. The first-order valence-electron chi connectivity index (χ1n) is 19.8. The molecule has 0 aliphatic carbocycles. The van der Waals surface area contributed by atoms with Gasteiger partial charge in [-0.2, -0.15) is 10.2 Å². The summed E-state index contributed by atoms with van der Waals surface area (Å²) in [6, 6.07) is 9.10. The smallest absolute Gasteiger partial charge is 0.414 e. The lowest BCUT2D eigenvalue weighted by Gasteiger charge is -2.29. The number of esters is 2. The quantitative estimate of drug-likeness (QED) is 0.118. The Hall–Kier alpha value is -6.27. The van der Waals surface area contributed by atoms with E-state index in [1.54, 1.807) is 34.3 Å². The predicted octanol–water partition coefficient (Wildman–Crippen LogP) is 4.63. The zero-order valence-electron chi connectivity index (χ0n) is 35.7. The van der Waals surface area contributed by atoms with Gasteiger partial charge in [0.2, 0.25) is 0 Å². The van der Waals surface area contributed by atoms with Crippen LogP contribution in [0.1, 0.15) is 39.5 Å². The summed E-state index contributed by atoms with van der Waals surface area (Å²) >= 11 is 14.8. The van der Waals surface area contributed by atoms with Crippen LogP contribution < -0.4 is 25.0 Å². The maximum absolute atomic E-state index is 14.8. The highest BCUT2D eigenvalue weighted by molar-refractivity contribution is 7.80. The van der Waals surface area contributed by atoms with Crippen molar-refractivity contribution in [2.45, 2.75) is 51.7 Å². The molecule has 25 heteroatoms. The predicted molar refractivity (Wildman–Crippen MR) is 241 cm³/mol. The van der Waals surface area contributed by atoms with Gasteiger partial charge in [0.15, 0.2) is 23.3 Å². The highest BCUT2D eigenvalue weighted by Gasteiger charge is 2.34. The molecule has 4 aliphatic heterocycles. The fourth-order valence-corrected chi connectivity index (χ4v) is 6.41. The average Bonchev–Trinajstić information content (AvgIpc) is 3.87. The molecule has 1 N–H and O–H groups in total. The van der Waals surface area contributed by atoms with Crippen molar-refractivity contribution in [1.82, 2.24) is 10.4 Å². The molecular formula is C40H47ClF2N8O12S2. The van der Waals surface area contributed by atoms with Crippen LogP contribution in [0.25, 0.3) is 0 Å². The monoisotopic (exact) mass is 968 g/mol. The van der Waals surface area contributed by atoms with Gasteiger partial charge in [0, 0.05) is 39.8 Å². The van der Waals surface area contributed by atoms with Crippen molar-refractivity contribution in [2.24, 2.45) is 10.2 Å². The number of nitrogens with one attached hydrogen (secondary N) is 1. The van der Waals surface area contributed by atoms with Crippen LogP contribution in [0.4, 0.5) is 41.1 Å². The van der Waals surface area contributed by atoms with Gasteiger partial charge in [-0.3, -0.25) is 29.0 Å². The van der Waals surface area contributed by atoms with Gasteiger partial charge < -0.3 is 43.6 Å². The molecule has 2 fully saturated rings. The van der Waals surface area contributed by atoms with Gasteiger partial charge in [0.25, 0.3) is 11.1 Å². The molecule has 2 atom stereocenters. The van der Waals surface area contributed by atoms with E-state index in [1.807, 2.05) is 0 Å². The summed E-state index contributed by atoms with van der Waals surface area (Å²) in [4.78, 5) is 72.9. The summed E-state index contributed by atoms with van der Waals surface area (Å²) in [5, 5.41) is 9.31. The summed E-state index contributed by atoms with van der Waals surface area (Å²) in [7, 11) is 3.01. The average molecular weight is 969 g/mol. The fourth-order valence-electron chi connectivity index (χ4n) is 6.12. The van der Waals surface area contributed by atoms with E-state index in [0.717, 1.165) is 5.01 Å². The maximum Gasteiger partial charge on any atom is 0.414 e. The van der Waals surface area contributed by atoms with Gasteiger partial charge in [0.1, 0.15) is 36.5 Å². The van der Waals surface area contributed by atoms with Crippen LogP contribution in [0.5, 0.6) is 0 Å². The Balaban J connectivity index is 0.000000249. The summed E-state index contributed by atoms with van der Waals surface area (Å²) < 4.78 is 58.7. The fraction of sp³-hybridized carbons (Fsp3) is 0.450. The van der Waals surface area contributed by atoms with Crippen molar-refractivity contribution < 1.29 is 66.0 Å². The lowest BCUT2D eigenvalue weighted by atomic mass is 10.2. The van der Waals surface area contributed by atoms with Gasteiger partial charge >= 0.3 is 24.1 Å². The first-order chi connectivity index (χ1) is 31.0. The first-order valence-corrected chi connectivity index (χ1v) is 21.0. The Morgan fingerprint density at radius 3 is 1.65 bits per heavy atom. The van der Waals surface area contributed by atoms with Crippen LogP contribution in [-0.4, -0.2) is 142 Å². The molecule has 65 heavy (non-hydrogen) atoms. The molecular weight excluding hydrogens is 922 g/mol. The van der Waals surface area contributed by atoms with E-state index in [9.17, 15) is 37.5 Å². The first kappa shape index (κ1) is 51.4. The number of carbonyl (C=O) groups is 6. The molecule has 2 aromatic rings. The number of carbonyl (C=O) groups excluding carboxylic acids is 6. The Morgan fingerprint density at radius 2 is 1.26 bits per heavy atom. The number of nitrogens with zero attached hydrogens (tertiary/aromatic N) is 7. The van der Waals surface area contributed by atoms with Crippen LogP contribution in [0.3, 0.4) is 0 Å². The molecule has 4 heterocycles. The molecule has 0 aromatic heterocycles. The normalized spacial score (nSPS) is 17.4. The van der Waals surface area contributed by atoms with Crippen molar-refractivity contribution in [1.29, 1.82) is 0 Å². The Morgan fingerprint density at radius 1 is 0.769 bits per heavy atom. The minimum Gasteiger partial charge on any atom is -0.490 e. The highest BCUT2D eigenvalue weighted by Crippen LogP contribution is 2.30. The van der Waals surface area contributed by atoms with Gasteiger partial charge in [-0.1, -0.05) is 0 Å². The van der Waals surface area contributed by atoms with E-state index in [4.69, 9.17) is 55.0 Å². The number of hydrogen-bond acceptors (Lipinski definition) is 19. The second kappa shape index (κ2) is 25.3. The highest BCUT2D eigenvalue weighted by atomic mass is 35.5. The van der Waals surface area contributed by atoms with Gasteiger partial charge in [-0.05, 0) is 85.3 Å². The number of halogens is 3. The summed E-state index contributed by atoms with van der Waals surface area (Å²) in [6.07, 6.45) is 3.31. The zero-order valence-corrected chi connectivity index (χ0v) is 38.1. The molecule has 4 aliphatic rings. The van der Waals surface area contributed by atoms with Crippen molar-refractivity contribution in [3.8, 4) is 0 Å². The number of anilines is 4. The van der Waals surface area contributed by atoms with Crippen LogP contribution in [0, 0.1) is 11.6 Å². The van der Waals surface area contributed by atoms with Crippen LogP contribution >= 0.6 is 36.0 Å².